The highest BCUT2D eigenvalue weighted by Crippen LogP contribution is 2.24. The van der Waals surface area contributed by atoms with E-state index in [0.717, 1.165) is 0 Å². The van der Waals surface area contributed by atoms with Crippen LogP contribution in [0.15, 0.2) is 41.9 Å². The molecule has 0 bridgehead atoms. The van der Waals surface area contributed by atoms with Crippen molar-refractivity contribution in [2.24, 2.45) is 17.2 Å². The molecule has 1 aliphatic heterocycles. The van der Waals surface area contributed by atoms with E-state index in [1.165, 1.54) is 0 Å². The van der Waals surface area contributed by atoms with Crippen molar-refractivity contribution in [2.75, 3.05) is 19.6 Å². The Balaban J connectivity index is 2.26. The summed E-state index contributed by atoms with van der Waals surface area (Å²) < 4.78 is 0. The standard InChI is InChI=1S/C17H25N5O2/c1-11-10-21(7-8-22(11)12(2)23)15(17(19)20)9-14(18)13-5-3-4-6-16(13)24/h3-6,9,11,24H,7-8,10,18-20H2,1-2H3/b14-9-. The van der Waals surface area contributed by atoms with Crippen molar-refractivity contribution in [1.29, 1.82) is 0 Å². The van der Waals surface area contributed by atoms with Gasteiger partial charge in [-0.25, -0.2) is 0 Å². The smallest absolute Gasteiger partial charge is 0.219 e. The number of phenolic OH excluding ortho intramolecular Hbond substituents is 1. The fourth-order valence-electron chi connectivity index (χ4n) is 2.94. The zero-order valence-electron chi connectivity index (χ0n) is 14.1. The second-order valence-electron chi connectivity index (χ2n) is 5.96. The number of phenols is 1. The Bertz CT molecular complexity index is 679. The minimum absolute atomic E-state index is 0.0466. The third kappa shape index (κ3) is 3.73. The molecular formula is C17H25N5O2. The second kappa shape index (κ2) is 7.16. The number of carbonyl (C=O) groups is 1. The highest BCUT2D eigenvalue weighted by atomic mass is 16.3. The van der Waals surface area contributed by atoms with Gasteiger partial charge in [-0.3, -0.25) is 4.79 Å². The van der Waals surface area contributed by atoms with E-state index in [9.17, 15) is 9.90 Å². The number of amides is 1. The van der Waals surface area contributed by atoms with E-state index >= 15 is 0 Å². The quantitative estimate of drug-likeness (QED) is 0.592. The number of nitrogens with two attached hydrogens (primary N) is 3. The first-order chi connectivity index (χ1) is 11.3. The molecule has 1 aliphatic rings. The number of hydrogen-bond acceptors (Lipinski definition) is 6. The van der Waals surface area contributed by atoms with Crippen molar-refractivity contribution in [3.8, 4) is 5.75 Å². The zero-order chi connectivity index (χ0) is 17.9. The van der Waals surface area contributed by atoms with Crippen molar-refractivity contribution in [2.45, 2.75) is 19.9 Å². The minimum Gasteiger partial charge on any atom is -0.507 e. The normalized spacial score (nSPS) is 18.4. The summed E-state index contributed by atoms with van der Waals surface area (Å²) in [5.74, 6) is 0.297. The summed E-state index contributed by atoms with van der Waals surface area (Å²) in [5, 5.41) is 9.92. The number of carbonyl (C=O) groups excluding carboxylic acids is 1. The summed E-state index contributed by atoms with van der Waals surface area (Å²) >= 11 is 0. The minimum atomic E-state index is 0.0466. The summed E-state index contributed by atoms with van der Waals surface area (Å²) in [6.07, 6.45) is 1.67. The van der Waals surface area contributed by atoms with E-state index in [4.69, 9.17) is 17.2 Å². The molecule has 0 spiro atoms. The van der Waals surface area contributed by atoms with Gasteiger partial charge in [-0.1, -0.05) is 12.1 Å². The molecule has 1 unspecified atom stereocenters. The lowest BCUT2D eigenvalue weighted by molar-refractivity contribution is -0.132. The number of hydrogen-bond donors (Lipinski definition) is 4. The fraction of sp³-hybridized carbons (Fsp3) is 0.353. The Hall–Kier alpha value is -2.83. The van der Waals surface area contributed by atoms with Gasteiger partial charge in [0.15, 0.2) is 0 Å². The molecule has 130 valence electrons. The molecular weight excluding hydrogens is 306 g/mol. The first-order valence-electron chi connectivity index (χ1n) is 7.84. The van der Waals surface area contributed by atoms with Crippen LogP contribution >= 0.6 is 0 Å². The van der Waals surface area contributed by atoms with Crippen LogP contribution in [0.2, 0.25) is 0 Å². The number of para-hydroxylation sites is 1. The Morgan fingerprint density at radius 1 is 1.25 bits per heavy atom. The number of aromatic hydroxyl groups is 1. The Morgan fingerprint density at radius 3 is 2.46 bits per heavy atom. The van der Waals surface area contributed by atoms with Crippen molar-refractivity contribution >= 4 is 11.6 Å². The second-order valence-corrected chi connectivity index (χ2v) is 5.96. The van der Waals surface area contributed by atoms with Gasteiger partial charge >= 0.3 is 0 Å². The largest absolute Gasteiger partial charge is 0.507 e. The van der Waals surface area contributed by atoms with Crippen LogP contribution in [0.25, 0.3) is 5.70 Å². The third-order valence-corrected chi connectivity index (χ3v) is 4.18. The van der Waals surface area contributed by atoms with Gasteiger partial charge < -0.3 is 32.1 Å². The van der Waals surface area contributed by atoms with Crippen LogP contribution in [0.5, 0.6) is 5.75 Å². The maximum atomic E-state index is 11.6. The predicted octanol–water partition coefficient (Wildman–Crippen LogP) is 0.331. The molecule has 1 aromatic carbocycles. The lowest BCUT2D eigenvalue weighted by Crippen LogP contribution is -2.53. The molecule has 1 fully saturated rings. The van der Waals surface area contributed by atoms with E-state index in [1.54, 1.807) is 37.3 Å². The monoisotopic (exact) mass is 331 g/mol. The van der Waals surface area contributed by atoms with Crippen molar-refractivity contribution in [3.63, 3.8) is 0 Å². The lowest BCUT2D eigenvalue weighted by atomic mass is 10.1. The number of piperazine rings is 1. The van der Waals surface area contributed by atoms with Gasteiger partial charge in [0, 0.05) is 43.9 Å². The van der Waals surface area contributed by atoms with Gasteiger partial charge in [0.2, 0.25) is 5.91 Å². The molecule has 1 saturated heterocycles. The number of allylic oxidation sites excluding steroid dienone is 1. The molecule has 7 N–H and O–H groups in total. The van der Waals surface area contributed by atoms with Gasteiger partial charge in [-0.15, -0.1) is 0 Å². The van der Waals surface area contributed by atoms with Gasteiger partial charge in [0.1, 0.15) is 11.6 Å². The molecule has 7 heteroatoms. The van der Waals surface area contributed by atoms with Crippen molar-refractivity contribution in [3.05, 3.63) is 47.4 Å². The molecule has 2 rings (SSSR count). The Kier molecular flexibility index (Phi) is 5.23. The average Bonchev–Trinajstić information content (AvgIpc) is 2.52. The van der Waals surface area contributed by atoms with Crippen LogP contribution < -0.4 is 17.2 Å². The maximum Gasteiger partial charge on any atom is 0.219 e. The van der Waals surface area contributed by atoms with Crippen LogP contribution in [-0.4, -0.2) is 46.5 Å². The highest BCUT2D eigenvalue weighted by Gasteiger charge is 2.26. The van der Waals surface area contributed by atoms with Crippen molar-refractivity contribution < 1.29 is 9.90 Å². The Labute approximate surface area is 142 Å². The summed E-state index contributed by atoms with van der Waals surface area (Å²) in [6.45, 7) is 5.36. The fourth-order valence-corrected chi connectivity index (χ4v) is 2.94. The topological polar surface area (TPSA) is 122 Å². The molecule has 1 atom stereocenters. The van der Waals surface area contributed by atoms with E-state index in [-0.39, 0.29) is 23.5 Å². The predicted molar refractivity (Wildman–Crippen MR) is 94.1 cm³/mol. The van der Waals surface area contributed by atoms with Crippen LogP contribution in [0.3, 0.4) is 0 Å². The van der Waals surface area contributed by atoms with E-state index in [0.29, 0.717) is 36.6 Å². The maximum absolute atomic E-state index is 11.6. The highest BCUT2D eigenvalue weighted by molar-refractivity contribution is 5.74. The third-order valence-electron chi connectivity index (χ3n) is 4.18. The van der Waals surface area contributed by atoms with Crippen LogP contribution in [0, 0.1) is 0 Å². The molecule has 0 aromatic heterocycles. The molecule has 24 heavy (non-hydrogen) atoms. The molecule has 7 nitrogen and oxygen atoms in total. The summed E-state index contributed by atoms with van der Waals surface area (Å²) in [5.41, 5.74) is 19.3. The summed E-state index contributed by atoms with van der Waals surface area (Å²) in [4.78, 5) is 15.4. The van der Waals surface area contributed by atoms with Crippen LogP contribution in [0.1, 0.15) is 19.4 Å². The summed E-state index contributed by atoms with van der Waals surface area (Å²) in [6, 6.07) is 6.85. The van der Waals surface area contributed by atoms with Gasteiger partial charge in [0.05, 0.1) is 5.70 Å². The van der Waals surface area contributed by atoms with Gasteiger partial charge in [-0.05, 0) is 25.1 Å². The average molecular weight is 331 g/mol. The number of rotatable bonds is 3. The first kappa shape index (κ1) is 17.5. The molecule has 0 aliphatic carbocycles. The van der Waals surface area contributed by atoms with E-state index in [1.807, 2.05) is 16.7 Å². The van der Waals surface area contributed by atoms with E-state index < -0.39 is 0 Å². The zero-order valence-corrected chi connectivity index (χ0v) is 14.1. The SMILES string of the molecule is CC(=O)N1CCN(C(/C=C(\N)c2ccccc2O)=C(N)N)CC1C. The molecule has 1 amide bonds. The summed E-state index contributed by atoms with van der Waals surface area (Å²) in [7, 11) is 0. The van der Waals surface area contributed by atoms with E-state index in [2.05, 4.69) is 0 Å². The number of nitrogens with zero attached hydrogens (tertiary/aromatic N) is 2. The molecule has 1 aromatic rings. The van der Waals surface area contributed by atoms with Gasteiger partial charge in [-0.2, -0.15) is 0 Å². The lowest BCUT2D eigenvalue weighted by Gasteiger charge is -2.41. The van der Waals surface area contributed by atoms with Gasteiger partial charge in [0.25, 0.3) is 0 Å². The Morgan fingerprint density at radius 2 is 1.92 bits per heavy atom. The molecule has 1 heterocycles. The molecule has 0 radical (unpaired) electrons. The van der Waals surface area contributed by atoms with Crippen LogP contribution in [0.4, 0.5) is 0 Å². The van der Waals surface area contributed by atoms with Crippen molar-refractivity contribution in [1.82, 2.24) is 9.80 Å². The molecule has 0 saturated carbocycles. The first-order valence-corrected chi connectivity index (χ1v) is 7.84. The van der Waals surface area contributed by atoms with Crippen LogP contribution in [-0.2, 0) is 4.79 Å². The number of benzene rings is 1.